The number of carbonyl (C=O) groups is 1. The normalized spacial score (nSPS) is 19.3. The molecule has 25 heavy (non-hydrogen) atoms. The summed E-state index contributed by atoms with van der Waals surface area (Å²) in [5.74, 6) is 1.22. The Balaban J connectivity index is 1.58. The predicted molar refractivity (Wildman–Crippen MR) is 99.7 cm³/mol. The lowest BCUT2D eigenvalue weighted by atomic mass is 10.2. The van der Waals surface area contributed by atoms with Crippen molar-refractivity contribution in [3.05, 3.63) is 58.0 Å². The summed E-state index contributed by atoms with van der Waals surface area (Å²) >= 11 is 7.38. The van der Waals surface area contributed by atoms with Crippen LogP contribution in [0.15, 0.2) is 52.4 Å². The Morgan fingerprint density at radius 2 is 1.92 bits per heavy atom. The number of hydrogen-bond acceptors (Lipinski definition) is 5. The molecule has 0 unspecified atom stereocenters. The molecule has 0 saturated carbocycles. The van der Waals surface area contributed by atoms with Gasteiger partial charge in [0.1, 0.15) is 13.2 Å². The average Bonchev–Trinajstić information content (AvgIpc) is 2.96. The quantitative estimate of drug-likeness (QED) is 0.809. The number of fused-ring (bicyclic) bond motifs is 1. The van der Waals surface area contributed by atoms with Crippen molar-refractivity contribution in [1.82, 2.24) is 5.32 Å². The Bertz CT molecular complexity index is 911. The third-order valence-electron chi connectivity index (χ3n) is 3.59. The van der Waals surface area contributed by atoms with Crippen LogP contribution in [-0.2, 0) is 4.79 Å². The molecule has 1 N–H and O–H groups in total. The van der Waals surface area contributed by atoms with Crippen molar-refractivity contribution < 1.29 is 14.3 Å². The average molecular weight is 373 g/mol. The largest absolute Gasteiger partial charge is 0.486 e. The van der Waals surface area contributed by atoms with Gasteiger partial charge in [0.25, 0.3) is 5.91 Å². The Kier molecular flexibility index (Phi) is 4.38. The van der Waals surface area contributed by atoms with E-state index in [4.69, 9.17) is 21.1 Å². The highest BCUT2D eigenvalue weighted by Gasteiger charge is 2.24. The minimum Gasteiger partial charge on any atom is -0.486 e. The fraction of sp³-hybridized carbons (Fsp3) is 0.111. The summed E-state index contributed by atoms with van der Waals surface area (Å²) in [6, 6.07) is 12.8. The highest BCUT2D eigenvalue weighted by atomic mass is 35.5. The van der Waals surface area contributed by atoms with Gasteiger partial charge in [-0.2, -0.15) is 0 Å². The highest BCUT2D eigenvalue weighted by Crippen LogP contribution is 2.34. The van der Waals surface area contributed by atoms with Gasteiger partial charge in [-0.05, 0) is 47.7 Å². The second-order valence-corrected chi connectivity index (χ2v) is 6.77. The molecule has 0 spiro atoms. The molecule has 5 nitrogen and oxygen atoms in total. The summed E-state index contributed by atoms with van der Waals surface area (Å²) in [4.78, 5) is 17.1. The molecule has 1 amide bonds. The smallest absolute Gasteiger partial charge is 0.264 e. The van der Waals surface area contributed by atoms with Gasteiger partial charge in [0.05, 0.1) is 15.6 Å². The molecule has 1 fully saturated rings. The molecule has 2 heterocycles. The Morgan fingerprint density at radius 3 is 2.76 bits per heavy atom. The predicted octanol–water partition coefficient (Wildman–Crippen LogP) is 4.00. The minimum atomic E-state index is -0.189. The van der Waals surface area contributed by atoms with Gasteiger partial charge in [-0.25, -0.2) is 4.99 Å². The highest BCUT2D eigenvalue weighted by molar-refractivity contribution is 8.18. The van der Waals surface area contributed by atoms with Gasteiger partial charge in [-0.15, -0.1) is 0 Å². The monoisotopic (exact) mass is 372 g/mol. The third-order valence-corrected chi connectivity index (χ3v) is 4.82. The fourth-order valence-corrected chi connectivity index (χ4v) is 3.45. The standard InChI is InChI=1S/C18H13ClN2O3S/c19-12-3-1-2-4-13(12)20-18-21-17(22)16(25-18)10-11-5-6-14-15(9-11)24-8-7-23-14/h1-6,9-10H,7-8H2,(H,20,21,22). The van der Waals surface area contributed by atoms with E-state index in [1.807, 2.05) is 30.3 Å². The zero-order chi connectivity index (χ0) is 17.2. The third kappa shape index (κ3) is 3.50. The Labute approximate surface area is 153 Å². The van der Waals surface area contributed by atoms with E-state index < -0.39 is 0 Å². The van der Waals surface area contributed by atoms with Crippen molar-refractivity contribution in [2.24, 2.45) is 4.99 Å². The number of nitrogens with one attached hydrogen (secondary N) is 1. The zero-order valence-corrected chi connectivity index (χ0v) is 14.6. The molecule has 7 heteroatoms. The van der Waals surface area contributed by atoms with Gasteiger partial charge in [0.2, 0.25) is 0 Å². The molecule has 1 saturated heterocycles. The molecule has 2 aromatic rings. The maximum atomic E-state index is 12.2. The molecule has 0 bridgehead atoms. The summed E-state index contributed by atoms with van der Waals surface area (Å²) in [5.41, 5.74) is 1.48. The van der Waals surface area contributed by atoms with Crippen LogP contribution in [0.1, 0.15) is 5.56 Å². The molecule has 0 aliphatic carbocycles. The molecular weight excluding hydrogens is 360 g/mol. The first-order valence-electron chi connectivity index (χ1n) is 7.63. The number of nitrogens with zero attached hydrogens (tertiary/aromatic N) is 1. The van der Waals surface area contributed by atoms with Crippen LogP contribution in [0.4, 0.5) is 5.69 Å². The van der Waals surface area contributed by atoms with Crippen LogP contribution in [0, 0.1) is 0 Å². The van der Waals surface area contributed by atoms with E-state index in [0.29, 0.717) is 39.7 Å². The number of rotatable bonds is 2. The topological polar surface area (TPSA) is 59.9 Å². The molecule has 2 aliphatic rings. The lowest BCUT2D eigenvalue weighted by Crippen LogP contribution is -2.19. The van der Waals surface area contributed by atoms with Crippen LogP contribution >= 0.6 is 23.4 Å². The van der Waals surface area contributed by atoms with Crippen molar-refractivity contribution in [2.75, 3.05) is 13.2 Å². The van der Waals surface area contributed by atoms with Gasteiger partial charge in [-0.3, -0.25) is 4.79 Å². The first-order chi connectivity index (χ1) is 12.2. The van der Waals surface area contributed by atoms with Gasteiger partial charge >= 0.3 is 0 Å². The number of amides is 1. The number of carbonyl (C=O) groups excluding carboxylic acids is 1. The maximum Gasteiger partial charge on any atom is 0.264 e. The molecular formula is C18H13ClN2O3S. The second-order valence-electron chi connectivity index (χ2n) is 5.34. The molecule has 0 radical (unpaired) electrons. The van der Waals surface area contributed by atoms with Crippen LogP contribution in [-0.4, -0.2) is 24.3 Å². The maximum absolute atomic E-state index is 12.2. The van der Waals surface area contributed by atoms with E-state index in [1.165, 1.54) is 11.8 Å². The van der Waals surface area contributed by atoms with E-state index in [-0.39, 0.29) is 5.91 Å². The summed E-state index contributed by atoms with van der Waals surface area (Å²) in [6.45, 7) is 1.07. The summed E-state index contributed by atoms with van der Waals surface area (Å²) < 4.78 is 11.1. The number of amidine groups is 1. The van der Waals surface area contributed by atoms with Crippen molar-refractivity contribution in [1.29, 1.82) is 0 Å². The SMILES string of the molecule is O=C1NC(=Nc2ccccc2Cl)SC1=Cc1ccc2c(c1)OCCO2. The second kappa shape index (κ2) is 6.82. The van der Waals surface area contributed by atoms with E-state index >= 15 is 0 Å². The molecule has 4 rings (SSSR count). The van der Waals surface area contributed by atoms with Crippen LogP contribution < -0.4 is 14.8 Å². The fourth-order valence-electron chi connectivity index (χ4n) is 2.43. The van der Waals surface area contributed by atoms with E-state index in [1.54, 1.807) is 18.2 Å². The van der Waals surface area contributed by atoms with E-state index in [0.717, 1.165) is 11.3 Å². The number of aliphatic imine (C=N–C) groups is 1. The van der Waals surface area contributed by atoms with Crippen molar-refractivity contribution in [3.8, 4) is 11.5 Å². The van der Waals surface area contributed by atoms with Crippen molar-refractivity contribution >= 4 is 46.2 Å². The lowest BCUT2D eigenvalue weighted by molar-refractivity contribution is -0.115. The lowest BCUT2D eigenvalue weighted by Gasteiger charge is -2.18. The van der Waals surface area contributed by atoms with Gasteiger partial charge < -0.3 is 14.8 Å². The van der Waals surface area contributed by atoms with Gasteiger partial charge in [0, 0.05) is 0 Å². The van der Waals surface area contributed by atoms with Gasteiger partial charge in [-0.1, -0.05) is 29.8 Å². The molecule has 2 aromatic carbocycles. The number of para-hydroxylation sites is 1. The van der Waals surface area contributed by atoms with Gasteiger partial charge in [0.15, 0.2) is 16.7 Å². The minimum absolute atomic E-state index is 0.189. The van der Waals surface area contributed by atoms with E-state index in [9.17, 15) is 4.79 Å². The van der Waals surface area contributed by atoms with Crippen molar-refractivity contribution in [3.63, 3.8) is 0 Å². The molecule has 126 valence electrons. The number of hydrogen-bond donors (Lipinski definition) is 1. The first-order valence-corrected chi connectivity index (χ1v) is 8.82. The molecule has 2 aliphatic heterocycles. The first kappa shape index (κ1) is 16.1. The van der Waals surface area contributed by atoms with Crippen LogP contribution in [0.2, 0.25) is 5.02 Å². The number of thioether (sulfide) groups is 1. The molecule has 0 aromatic heterocycles. The van der Waals surface area contributed by atoms with Crippen LogP contribution in [0.25, 0.3) is 6.08 Å². The van der Waals surface area contributed by atoms with E-state index in [2.05, 4.69) is 10.3 Å². The van der Waals surface area contributed by atoms with Crippen molar-refractivity contribution in [2.45, 2.75) is 0 Å². The summed E-state index contributed by atoms with van der Waals surface area (Å²) in [5, 5.41) is 3.79. The summed E-state index contributed by atoms with van der Waals surface area (Å²) in [6.07, 6.45) is 1.80. The Hall–Kier alpha value is -2.44. The number of ether oxygens (including phenoxy) is 2. The van der Waals surface area contributed by atoms with Crippen LogP contribution in [0.5, 0.6) is 11.5 Å². The molecule has 0 atom stereocenters. The van der Waals surface area contributed by atoms with Crippen LogP contribution in [0.3, 0.4) is 0 Å². The summed E-state index contributed by atoms with van der Waals surface area (Å²) in [7, 11) is 0. The number of benzene rings is 2. The number of halogens is 1. The Morgan fingerprint density at radius 1 is 1.12 bits per heavy atom. The zero-order valence-electron chi connectivity index (χ0n) is 13.0.